The Bertz CT molecular complexity index is 372. The number of benzene rings is 1. The Morgan fingerprint density at radius 2 is 2.29 bits per heavy atom. The number of hydrogen-bond acceptors (Lipinski definition) is 3. The molecule has 0 aromatic heterocycles. The molecule has 2 N–H and O–H groups in total. The van der Waals surface area contributed by atoms with Crippen LogP contribution in [0.2, 0.25) is 0 Å². The Morgan fingerprint density at radius 1 is 1.47 bits per heavy atom. The van der Waals surface area contributed by atoms with Crippen molar-refractivity contribution in [3.8, 4) is 0 Å². The average Bonchev–Trinajstić information content (AvgIpc) is 2.33. The summed E-state index contributed by atoms with van der Waals surface area (Å²) in [5, 5.41) is 0. The fourth-order valence-corrected chi connectivity index (χ4v) is 2.47. The molecule has 3 heteroatoms. The maximum absolute atomic E-state index is 5.85. The molecule has 17 heavy (non-hydrogen) atoms. The van der Waals surface area contributed by atoms with Crippen LogP contribution in [0.1, 0.15) is 18.4 Å². The summed E-state index contributed by atoms with van der Waals surface area (Å²) in [5.41, 5.74) is 9.19. The zero-order valence-corrected chi connectivity index (χ0v) is 10.8. The second-order valence-electron chi connectivity index (χ2n) is 5.01. The van der Waals surface area contributed by atoms with Crippen molar-refractivity contribution in [1.82, 2.24) is 0 Å². The average molecular weight is 234 g/mol. The Morgan fingerprint density at radius 3 is 3.00 bits per heavy atom. The maximum Gasteiger partial charge on any atom is 0.0511 e. The molecule has 94 valence electrons. The van der Waals surface area contributed by atoms with E-state index in [1.807, 2.05) is 6.07 Å². The molecule has 1 aromatic rings. The predicted molar refractivity (Wildman–Crippen MR) is 72.4 cm³/mol. The SMILES string of the molecule is Cc1ccc(N)cc1N(C)CC1CCCOC1. The molecular formula is C14H22N2O. The highest BCUT2D eigenvalue weighted by atomic mass is 16.5. The molecule has 0 aliphatic carbocycles. The van der Waals surface area contributed by atoms with Gasteiger partial charge < -0.3 is 15.4 Å². The van der Waals surface area contributed by atoms with Crippen LogP contribution in [0, 0.1) is 12.8 Å². The maximum atomic E-state index is 5.85. The first kappa shape index (κ1) is 12.2. The molecule has 1 heterocycles. The minimum Gasteiger partial charge on any atom is -0.399 e. The van der Waals surface area contributed by atoms with Gasteiger partial charge in [0.2, 0.25) is 0 Å². The van der Waals surface area contributed by atoms with Gasteiger partial charge in [0.15, 0.2) is 0 Å². The largest absolute Gasteiger partial charge is 0.399 e. The molecular weight excluding hydrogens is 212 g/mol. The summed E-state index contributed by atoms with van der Waals surface area (Å²) in [5.74, 6) is 0.648. The van der Waals surface area contributed by atoms with E-state index in [4.69, 9.17) is 10.5 Å². The van der Waals surface area contributed by atoms with Crippen LogP contribution < -0.4 is 10.6 Å². The molecule has 0 amide bonds. The lowest BCUT2D eigenvalue weighted by Gasteiger charge is -2.29. The van der Waals surface area contributed by atoms with Gasteiger partial charge in [-0.25, -0.2) is 0 Å². The van der Waals surface area contributed by atoms with E-state index < -0.39 is 0 Å². The van der Waals surface area contributed by atoms with Crippen molar-refractivity contribution in [1.29, 1.82) is 0 Å². The highest BCUT2D eigenvalue weighted by Crippen LogP contribution is 2.24. The van der Waals surface area contributed by atoms with E-state index in [0.29, 0.717) is 5.92 Å². The molecule has 1 unspecified atom stereocenters. The van der Waals surface area contributed by atoms with E-state index in [9.17, 15) is 0 Å². The number of anilines is 2. The molecule has 1 aliphatic rings. The van der Waals surface area contributed by atoms with Gasteiger partial charge in [-0.3, -0.25) is 0 Å². The lowest BCUT2D eigenvalue weighted by molar-refractivity contribution is 0.0576. The summed E-state index contributed by atoms with van der Waals surface area (Å²) in [6.45, 7) is 5.00. The first-order chi connectivity index (χ1) is 8.16. The van der Waals surface area contributed by atoms with E-state index >= 15 is 0 Å². The lowest BCUT2D eigenvalue weighted by Crippen LogP contribution is -2.31. The minimum atomic E-state index is 0.648. The van der Waals surface area contributed by atoms with Crippen LogP contribution in [0.4, 0.5) is 11.4 Å². The quantitative estimate of drug-likeness (QED) is 0.816. The van der Waals surface area contributed by atoms with Gasteiger partial charge in [-0.15, -0.1) is 0 Å². The van der Waals surface area contributed by atoms with Crippen LogP contribution >= 0.6 is 0 Å². The van der Waals surface area contributed by atoms with Crippen LogP contribution in [0.5, 0.6) is 0 Å². The van der Waals surface area contributed by atoms with Crippen molar-refractivity contribution in [2.45, 2.75) is 19.8 Å². The van der Waals surface area contributed by atoms with E-state index in [1.165, 1.54) is 24.1 Å². The second kappa shape index (κ2) is 5.41. The molecule has 1 aromatic carbocycles. The summed E-state index contributed by atoms with van der Waals surface area (Å²) < 4.78 is 5.52. The van der Waals surface area contributed by atoms with Crippen molar-refractivity contribution < 1.29 is 4.74 Å². The van der Waals surface area contributed by atoms with Crippen molar-refractivity contribution in [3.63, 3.8) is 0 Å². The van der Waals surface area contributed by atoms with Gasteiger partial charge in [0, 0.05) is 31.6 Å². The number of nitrogens with two attached hydrogens (primary N) is 1. The van der Waals surface area contributed by atoms with Gasteiger partial charge in [0.1, 0.15) is 0 Å². The molecule has 0 saturated carbocycles. The first-order valence-corrected chi connectivity index (χ1v) is 6.32. The van der Waals surface area contributed by atoms with Gasteiger partial charge in [0.05, 0.1) is 6.61 Å². The molecule has 3 nitrogen and oxygen atoms in total. The zero-order valence-electron chi connectivity index (χ0n) is 10.8. The van der Waals surface area contributed by atoms with Crippen molar-refractivity contribution in [2.24, 2.45) is 5.92 Å². The van der Waals surface area contributed by atoms with Crippen molar-refractivity contribution in [3.05, 3.63) is 23.8 Å². The predicted octanol–water partition coefficient (Wildman–Crippen LogP) is 2.44. The monoisotopic (exact) mass is 234 g/mol. The Balaban J connectivity index is 2.02. The topological polar surface area (TPSA) is 38.5 Å². The number of hydrogen-bond donors (Lipinski definition) is 1. The molecule has 1 atom stereocenters. The Kier molecular flexibility index (Phi) is 3.89. The van der Waals surface area contributed by atoms with Crippen LogP contribution in [0.3, 0.4) is 0 Å². The van der Waals surface area contributed by atoms with Gasteiger partial charge in [-0.2, -0.15) is 0 Å². The standard InChI is InChI=1S/C14H22N2O/c1-11-5-6-13(15)8-14(11)16(2)9-12-4-3-7-17-10-12/h5-6,8,12H,3-4,7,9-10,15H2,1-2H3. The van der Waals surface area contributed by atoms with Gasteiger partial charge in [-0.05, 0) is 43.4 Å². The van der Waals surface area contributed by atoms with Crippen LogP contribution in [-0.2, 0) is 4.74 Å². The summed E-state index contributed by atoms with van der Waals surface area (Å²) in [6, 6.07) is 6.09. The Labute approximate surface area is 104 Å². The summed E-state index contributed by atoms with van der Waals surface area (Å²) >= 11 is 0. The lowest BCUT2D eigenvalue weighted by atomic mass is 10.0. The number of aryl methyl sites for hydroxylation is 1. The second-order valence-corrected chi connectivity index (χ2v) is 5.01. The third-order valence-electron chi connectivity index (χ3n) is 3.43. The number of nitrogen functional groups attached to an aromatic ring is 1. The van der Waals surface area contributed by atoms with E-state index in [1.54, 1.807) is 0 Å². The highest BCUT2D eigenvalue weighted by Gasteiger charge is 2.16. The van der Waals surface area contributed by atoms with Gasteiger partial charge >= 0.3 is 0 Å². The first-order valence-electron chi connectivity index (χ1n) is 6.32. The number of rotatable bonds is 3. The number of ether oxygens (including phenoxy) is 1. The molecule has 1 aliphatic heterocycles. The fourth-order valence-electron chi connectivity index (χ4n) is 2.47. The molecule has 0 bridgehead atoms. The summed E-state index contributed by atoms with van der Waals surface area (Å²) in [4.78, 5) is 2.30. The van der Waals surface area contributed by atoms with E-state index in [2.05, 4.69) is 31.0 Å². The van der Waals surface area contributed by atoms with Crippen LogP contribution in [0.15, 0.2) is 18.2 Å². The van der Waals surface area contributed by atoms with Crippen LogP contribution in [-0.4, -0.2) is 26.8 Å². The third kappa shape index (κ3) is 3.13. The van der Waals surface area contributed by atoms with Crippen molar-refractivity contribution in [2.75, 3.05) is 37.4 Å². The molecule has 2 rings (SSSR count). The molecule has 1 saturated heterocycles. The minimum absolute atomic E-state index is 0.648. The van der Waals surface area contributed by atoms with E-state index in [-0.39, 0.29) is 0 Å². The van der Waals surface area contributed by atoms with E-state index in [0.717, 1.165) is 25.4 Å². The van der Waals surface area contributed by atoms with Gasteiger partial charge in [0.25, 0.3) is 0 Å². The van der Waals surface area contributed by atoms with Gasteiger partial charge in [-0.1, -0.05) is 6.07 Å². The van der Waals surface area contributed by atoms with Crippen LogP contribution in [0.25, 0.3) is 0 Å². The normalized spacial score (nSPS) is 20.2. The zero-order chi connectivity index (χ0) is 12.3. The summed E-state index contributed by atoms with van der Waals surface area (Å²) in [7, 11) is 2.14. The fraction of sp³-hybridized carbons (Fsp3) is 0.571. The molecule has 0 spiro atoms. The number of nitrogens with zero attached hydrogens (tertiary/aromatic N) is 1. The smallest absolute Gasteiger partial charge is 0.0511 e. The third-order valence-corrected chi connectivity index (χ3v) is 3.43. The molecule has 1 fully saturated rings. The summed E-state index contributed by atoms with van der Waals surface area (Å²) in [6.07, 6.45) is 2.46. The van der Waals surface area contributed by atoms with Crippen molar-refractivity contribution >= 4 is 11.4 Å². The Hall–Kier alpha value is -1.22. The molecule has 0 radical (unpaired) electrons. The highest BCUT2D eigenvalue weighted by molar-refractivity contribution is 5.60.